The number of nitrogens with two attached hydrogens (primary N) is 2. The third-order valence-electron chi connectivity index (χ3n) is 3.28. The third-order valence-corrected chi connectivity index (χ3v) is 3.28. The van der Waals surface area contributed by atoms with Gasteiger partial charge in [0, 0.05) is 6.54 Å². The number of unbranched alkanes of at least 4 members (excludes halogenated alkanes) is 1. The number of hydrogen-bond acceptors (Lipinski definition) is 5. The predicted octanol–water partition coefficient (Wildman–Crippen LogP) is -1.55. The highest BCUT2D eigenvalue weighted by molar-refractivity contribution is 5.90. The molecule has 0 bridgehead atoms. The predicted molar refractivity (Wildman–Crippen MR) is 89.2 cm³/mol. The number of carboxylic acids is 1. The van der Waals surface area contributed by atoms with Crippen LogP contribution in [-0.4, -0.2) is 54.0 Å². The minimum atomic E-state index is -1.16. The Morgan fingerprint density at radius 3 is 2.25 bits per heavy atom. The number of carboxylic acid groups (broad SMARTS) is 1. The fraction of sp³-hybridized carbons (Fsp3) is 0.714. The average Bonchev–Trinajstić information content (AvgIpc) is 2.53. The Morgan fingerprint density at radius 2 is 1.75 bits per heavy atom. The summed E-state index contributed by atoms with van der Waals surface area (Å²) in [6.07, 6.45) is 2.54. The Hall–Kier alpha value is -2.36. The van der Waals surface area contributed by atoms with Crippen molar-refractivity contribution < 1.29 is 19.5 Å². The van der Waals surface area contributed by atoms with Crippen molar-refractivity contribution in [2.45, 2.75) is 51.1 Å². The van der Waals surface area contributed by atoms with Gasteiger partial charge >= 0.3 is 5.97 Å². The molecule has 10 nitrogen and oxygen atoms in total. The van der Waals surface area contributed by atoms with Crippen molar-refractivity contribution in [3.8, 4) is 0 Å². The van der Waals surface area contributed by atoms with Crippen LogP contribution in [0.25, 0.3) is 0 Å². The Morgan fingerprint density at radius 1 is 1.12 bits per heavy atom. The molecule has 0 aliphatic rings. The molecule has 0 aromatic heterocycles. The van der Waals surface area contributed by atoms with Gasteiger partial charge in [0.2, 0.25) is 11.8 Å². The van der Waals surface area contributed by atoms with Crippen molar-refractivity contribution in [1.29, 1.82) is 5.41 Å². The first-order chi connectivity index (χ1) is 11.3. The van der Waals surface area contributed by atoms with Crippen molar-refractivity contribution in [2.24, 2.45) is 11.5 Å². The molecule has 24 heavy (non-hydrogen) atoms. The first-order valence-electron chi connectivity index (χ1n) is 7.92. The Balaban J connectivity index is 4.63. The zero-order chi connectivity index (χ0) is 18.5. The van der Waals surface area contributed by atoms with Crippen LogP contribution in [0.15, 0.2) is 0 Å². The molecule has 9 N–H and O–H groups in total. The maximum Gasteiger partial charge on any atom is 0.326 e. The molecule has 0 saturated heterocycles. The van der Waals surface area contributed by atoms with E-state index in [4.69, 9.17) is 16.9 Å². The zero-order valence-electron chi connectivity index (χ0n) is 13.9. The Kier molecular flexibility index (Phi) is 10.9. The fourth-order valence-corrected chi connectivity index (χ4v) is 1.99. The Bertz CT molecular complexity index is 443. The van der Waals surface area contributed by atoms with Gasteiger partial charge in [-0.25, -0.2) is 4.79 Å². The van der Waals surface area contributed by atoms with Gasteiger partial charge in [-0.2, -0.15) is 0 Å². The second-order valence-electron chi connectivity index (χ2n) is 5.35. The highest BCUT2D eigenvalue weighted by Gasteiger charge is 2.25. The maximum atomic E-state index is 12.3. The molecule has 0 radical (unpaired) electrons. The summed E-state index contributed by atoms with van der Waals surface area (Å²) >= 11 is 0. The van der Waals surface area contributed by atoms with E-state index < -0.39 is 29.9 Å². The molecule has 0 fully saturated rings. The van der Waals surface area contributed by atoms with Gasteiger partial charge in [-0.1, -0.05) is 19.8 Å². The average molecular weight is 344 g/mol. The smallest absolute Gasteiger partial charge is 0.326 e. The summed E-state index contributed by atoms with van der Waals surface area (Å²) in [6.45, 7) is 2.04. The van der Waals surface area contributed by atoms with Crippen LogP contribution < -0.4 is 27.4 Å². The molecule has 0 rings (SSSR count). The molecule has 0 unspecified atom stereocenters. The van der Waals surface area contributed by atoms with Crippen LogP contribution in [0.4, 0.5) is 0 Å². The molecule has 0 aromatic rings. The van der Waals surface area contributed by atoms with E-state index in [1.807, 2.05) is 6.92 Å². The second-order valence-corrected chi connectivity index (χ2v) is 5.35. The summed E-state index contributed by atoms with van der Waals surface area (Å²) in [7, 11) is 0. The summed E-state index contributed by atoms with van der Waals surface area (Å²) in [6, 6.07) is -1.89. The van der Waals surface area contributed by atoms with E-state index in [9.17, 15) is 19.5 Å². The maximum absolute atomic E-state index is 12.3. The summed E-state index contributed by atoms with van der Waals surface area (Å²) < 4.78 is 0. The van der Waals surface area contributed by atoms with Crippen LogP contribution in [0, 0.1) is 5.41 Å². The van der Waals surface area contributed by atoms with E-state index in [1.165, 1.54) is 0 Å². The van der Waals surface area contributed by atoms with Gasteiger partial charge < -0.3 is 32.5 Å². The zero-order valence-corrected chi connectivity index (χ0v) is 13.9. The number of aliphatic carboxylic acids is 1. The van der Waals surface area contributed by atoms with E-state index in [1.54, 1.807) is 0 Å². The first kappa shape index (κ1) is 21.6. The number of hydrogen-bond donors (Lipinski definition) is 7. The number of amides is 2. The number of nitrogens with one attached hydrogen (secondary N) is 4. The summed E-state index contributed by atoms with van der Waals surface area (Å²) in [5.41, 5.74) is 10.4. The van der Waals surface area contributed by atoms with E-state index in [0.29, 0.717) is 25.8 Å². The van der Waals surface area contributed by atoms with Gasteiger partial charge in [-0.15, -0.1) is 0 Å². The van der Waals surface area contributed by atoms with Gasteiger partial charge in [-0.3, -0.25) is 15.0 Å². The fourth-order valence-electron chi connectivity index (χ4n) is 1.99. The largest absolute Gasteiger partial charge is 0.480 e. The number of guanidine groups is 1. The van der Waals surface area contributed by atoms with Crippen LogP contribution in [-0.2, 0) is 14.4 Å². The molecule has 138 valence electrons. The molecule has 0 spiro atoms. The molecule has 0 aliphatic carbocycles. The number of carbonyl (C=O) groups is 3. The molecular weight excluding hydrogens is 316 g/mol. The topological polar surface area (TPSA) is 183 Å². The van der Waals surface area contributed by atoms with Crippen LogP contribution in [0.5, 0.6) is 0 Å². The normalized spacial score (nSPS) is 12.8. The summed E-state index contributed by atoms with van der Waals surface area (Å²) in [4.78, 5) is 34.9. The van der Waals surface area contributed by atoms with Gasteiger partial charge in [0.1, 0.15) is 12.1 Å². The monoisotopic (exact) mass is 344 g/mol. The van der Waals surface area contributed by atoms with Gasteiger partial charge in [0.15, 0.2) is 5.96 Å². The molecule has 2 amide bonds. The molecule has 2 atom stereocenters. The highest BCUT2D eigenvalue weighted by Crippen LogP contribution is 2.04. The Labute approximate surface area is 141 Å². The summed E-state index contributed by atoms with van der Waals surface area (Å²) in [5, 5.41) is 23.7. The third kappa shape index (κ3) is 9.62. The van der Waals surface area contributed by atoms with Gasteiger partial charge in [0.05, 0.1) is 6.54 Å². The molecule has 0 heterocycles. The lowest BCUT2D eigenvalue weighted by atomic mass is 10.1. The highest BCUT2D eigenvalue weighted by atomic mass is 16.4. The van der Waals surface area contributed by atoms with Crippen LogP contribution in [0.1, 0.15) is 39.0 Å². The van der Waals surface area contributed by atoms with E-state index >= 15 is 0 Å². The van der Waals surface area contributed by atoms with Crippen LogP contribution in [0.3, 0.4) is 0 Å². The van der Waals surface area contributed by atoms with Crippen LogP contribution in [0.2, 0.25) is 0 Å². The first-order valence-corrected chi connectivity index (χ1v) is 7.92. The van der Waals surface area contributed by atoms with Gasteiger partial charge in [-0.05, 0) is 19.3 Å². The SMILES string of the molecule is CCCC[C@H](NC(=O)CN)C(=O)N[C@@H](CCCNC(=N)N)C(=O)O. The molecular formula is C14H28N6O4. The standard InChI is InChI=1S/C14H28N6O4/c1-2-3-5-9(19-11(21)8-15)12(22)20-10(13(23)24)6-4-7-18-14(16)17/h9-10H,2-8,15H2,1H3,(H,19,21)(H,20,22)(H,23,24)(H4,16,17,18)/t9-,10-/m0/s1. The van der Waals surface area contributed by atoms with Crippen molar-refractivity contribution in [3.63, 3.8) is 0 Å². The lowest BCUT2D eigenvalue weighted by Crippen LogP contribution is -2.52. The lowest BCUT2D eigenvalue weighted by molar-refractivity contribution is -0.142. The van der Waals surface area contributed by atoms with E-state index in [-0.39, 0.29) is 18.9 Å². The van der Waals surface area contributed by atoms with Crippen molar-refractivity contribution in [3.05, 3.63) is 0 Å². The van der Waals surface area contributed by atoms with E-state index in [0.717, 1.165) is 6.42 Å². The quantitative estimate of drug-likeness (QED) is 0.127. The second kappa shape index (κ2) is 12.1. The van der Waals surface area contributed by atoms with Crippen molar-refractivity contribution in [1.82, 2.24) is 16.0 Å². The minimum Gasteiger partial charge on any atom is -0.480 e. The van der Waals surface area contributed by atoms with Crippen molar-refractivity contribution >= 4 is 23.7 Å². The molecule has 0 aromatic carbocycles. The van der Waals surface area contributed by atoms with Gasteiger partial charge in [0.25, 0.3) is 0 Å². The molecule has 0 saturated carbocycles. The number of carbonyl (C=O) groups excluding carboxylic acids is 2. The lowest BCUT2D eigenvalue weighted by Gasteiger charge is -2.21. The van der Waals surface area contributed by atoms with Crippen LogP contribution >= 0.6 is 0 Å². The minimum absolute atomic E-state index is 0.173. The van der Waals surface area contributed by atoms with Crippen molar-refractivity contribution in [2.75, 3.05) is 13.1 Å². The molecule has 10 heteroatoms. The number of rotatable bonds is 12. The summed E-state index contributed by atoms with van der Waals surface area (Å²) in [5.74, 6) is -2.37. The van der Waals surface area contributed by atoms with E-state index in [2.05, 4.69) is 16.0 Å². The molecule has 0 aliphatic heterocycles.